The third kappa shape index (κ3) is 5.10. The quantitative estimate of drug-likeness (QED) is 0.805. The molecule has 2 amide bonds. The molecule has 0 aromatic heterocycles. The molecule has 0 atom stereocenters. The van der Waals surface area contributed by atoms with Gasteiger partial charge in [0, 0.05) is 30.0 Å². The molecule has 6 heteroatoms. The van der Waals surface area contributed by atoms with Crippen LogP contribution in [0.5, 0.6) is 0 Å². The van der Waals surface area contributed by atoms with Crippen molar-refractivity contribution >= 4 is 23.2 Å². The Hall–Kier alpha value is -2.86. The van der Waals surface area contributed by atoms with Crippen molar-refractivity contribution in [3.63, 3.8) is 0 Å². The molecule has 0 unspecified atom stereocenters. The van der Waals surface area contributed by atoms with Crippen molar-refractivity contribution in [2.24, 2.45) is 0 Å². The summed E-state index contributed by atoms with van der Waals surface area (Å²) in [7, 11) is 0. The zero-order valence-corrected chi connectivity index (χ0v) is 16.4. The Labute approximate surface area is 165 Å². The van der Waals surface area contributed by atoms with E-state index < -0.39 is 0 Å². The number of ether oxygens (including phenoxy) is 1. The maximum atomic E-state index is 12.6. The van der Waals surface area contributed by atoms with E-state index in [-0.39, 0.29) is 18.4 Å². The van der Waals surface area contributed by atoms with Gasteiger partial charge >= 0.3 is 0 Å². The number of nitrogens with zero attached hydrogens (tertiary/aromatic N) is 1. The summed E-state index contributed by atoms with van der Waals surface area (Å²) in [5.41, 5.74) is 3.32. The maximum Gasteiger partial charge on any atom is 0.254 e. The lowest BCUT2D eigenvalue weighted by Gasteiger charge is -2.27. The number of hydrogen-bond acceptors (Lipinski definition) is 4. The van der Waals surface area contributed by atoms with E-state index in [1.54, 1.807) is 29.2 Å². The average molecular weight is 381 g/mol. The van der Waals surface area contributed by atoms with Crippen LogP contribution < -0.4 is 10.6 Å². The lowest BCUT2D eigenvalue weighted by atomic mass is 10.0. The number of rotatable bonds is 6. The molecular weight excluding hydrogens is 354 g/mol. The van der Waals surface area contributed by atoms with Gasteiger partial charge in [-0.3, -0.25) is 9.59 Å². The molecule has 1 saturated heterocycles. The minimum atomic E-state index is -0.158. The second kappa shape index (κ2) is 9.37. The molecule has 148 valence electrons. The fourth-order valence-corrected chi connectivity index (χ4v) is 3.22. The monoisotopic (exact) mass is 381 g/mol. The zero-order chi connectivity index (χ0) is 19.9. The molecule has 1 aliphatic rings. The summed E-state index contributed by atoms with van der Waals surface area (Å²) < 4.78 is 5.29. The molecule has 28 heavy (non-hydrogen) atoms. The van der Waals surface area contributed by atoms with Crippen LogP contribution >= 0.6 is 0 Å². The molecular formula is C22H27N3O3. The predicted octanol–water partition coefficient (Wildman–Crippen LogP) is 3.33. The average Bonchev–Trinajstić information content (AvgIpc) is 2.72. The Kier molecular flexibility index (Phi) is 6.66. The van der Waals surface area contributed by atoms with Gasteiger partial charge in [-0.2, -0.15) is 0 Å². The molecule has 6 nitrogen and oxygen atoms in total. The fourth-order valence-electron chi connectivity index (χ4n) is 3.22. The molecule has 0 aliphatic carbocycles. The standard InChI is InChI=1S/C22H27N3O3/c1-16(2)19-8-3-4-9-20(19)23-15-21(26)24-18-7-5-6-17(14-18)22(27)25-10-12-28-13-11-25/h3-9,14,16,23H,10-13,15H2,1-2H3,(H,24,26). The second-order valence-corrected chi connectivity index (χ2v) is 7.13. The number of carbonyl (C=O) groups excluding carboxylic acids is 2. The van der Waals surface area contributed by atoms with Gasteiger partial charge in [0.1, 0.15) is 0 Å². The first-order valence-corrected chi connectivity index (χ1v) is 9.64. The number of benzene rings is 2. The molecule has 0 saturated carbocycles. The first-order valence-electron chi connectivity index (χ1n) is 9.64. The molecule has 0 bridgehead atoms. The van der Waals surface area contributed by atoms with Crippen LogP contribution in [0.1, 0.15) is 35.7 Å². The lowest BCUT2D eigenvalue weighted by molar-refractivity contribution is -0.114. The first kappa shape index (κ1) is 19.9. The Morgan fingerprint density at radius 3 is 2.57 bits per heavy atom. The summed E-state index contributed by atoms with van der Waals surface area (Å²) in [6.07, 6.45) is 0. The number of carbonyl (C=O) groups is 2. The largest absolute Gasteiger partial charge is 0.378 e. The zero-order valence-electron chi connectivity index (χ0n) is 16.4. The first-order chi connectivity index (χ1) is 13.5. The Morgan fingerprint density at radius 1 is 1.07 bits per heavy atom. The van der Waals surface area contributed by atoms with Crippen molar-refractivity contribution in [2.75, 3.05) is 43.5 Å². The summed E-state index contributed by atoms with van der Waals surface area (Å²) in [5, 5.41) is 6.06. The predicted molar refractivity (Wildman–Crippen MR) is 111 cm³/mol. The van der Waals surface area contributed by atoms with Gasteiger partial charge in [0.2, 0.25) is 5.91 Å². The van der Waals surface area contributed by atoms with Gasteiger partial charge in [-0.05, 0) is 35.7 Å². The van der Waals surface area contributed by atoms with Crippen molar-refractivity contribution in [1.82, 2.24) is 4.90 Å². The molecule has 0 radical (unpaired) electrons. The molecule has 1 fully saturated rings. The number of amides is 2. The summed E-state index contributed by atoms with van der Waals surface area (Å²) >= 11 is 0. The fraction of sp³-hybridized carbons (Fsp3) is 0.364. The van der Waals surface area contributed by atoms with Gasteiger partial charge in [0.05, 0.1) is 19.8 Å². The van der Waals surface area contributed by atoms with Gasteiger partial charge in [-0.1, -0.05) is 38.1 Å². The van der Waals surface area contributed by atoms with Gasteiger partial charge < -0.3 is 20.3 Å². The van der Waals surface area contributed by atoms with Gasteiger partial charge in [-0.15, -0.1) is 0 Å². The Morgan fingerprint density at radius 2 is 1.82 bits per heavy atom. The Balaban J connectivity index is 1.59. The third-order valence-electron chi connectivity index (χ3n) is 4.71. The van der Waals surface area contributed by atoms with E-state index in [0.29, 0.717) is 43.5 Å². The van der Waals surface area contributed by atoms with Gasteiger partial charge in [0.15, 0.2) is 0 Å². The lowest BCUT2D eigenvalue weighted by Crippen LogP contribution is -2.40. The van der Waals surface area contributed by atoms with Gasteiger partial charge in [0.25, 0.3) is 5.91 Å². The van der Waals surface area contributed by atoms with Crippen LogP contribution in [0.3, 0.4) is 0 Å². The van der Waals surface area contributed by atoms with Gasteiger partial charge in [-0.25, -0.2) is 0 Å². The molecule has 2 aromatic carbocycles. The van der Waals surface area contributed by atoms with Crippen LogP contribution in [-0.4, -0.2) is 49.6 Å². The maximum absolute atomic E-state index is 12.6. The normalized spacial score (nSPS) is 14.0. The van der Waals surface area contributed by atoms with E-state index in [4.69, 9.17) is 4.74 Å². The van der Waals surface area contributed by atoms with Crippen LogP contribution in [0.15, 0.2) is 48.5 Å². The van der Waals surface area contributed by atoms with E-state index >= 15 is 0 Å². The van der Waals surface area contributed by atoms with Crippen LogP contribution in [0.2, 0.25) is 0 Å². The smallest absolute Gasteiger partial charge is 0.254 e. The molecule has 1 aliphatic heterocycles. The summed E-state index contributed by atoms with van der Waals surface area (Å²) in [5.74, 6) is 0.174. The number of morpholine rings is 1. The van der Waals surface area contributed by atoms with Crippen molar-refractivity contribution < 1.29 is 14.3 Å². The minimum absolute atomic E-state index is 0.0385. The molecule has 2 aromatic rings. The van der Waals surface area contributed by atoms with Crippen LogP contribution in [0, 0.1) is 0 Å². The number of anilines is 2. The Bertz CT molecular complexity index is 829. The van der Waals surface area contributed by atoms with Crippen LogP contribution in [-0.2, 0) is 9.53 Å². The van der Waals surface area contributed by atoms with E-state index in [1.807, 2.05) is 18.2 Å². The topological polar surface area (TPSA) is 70.7 Å². The molecule has 1 heterocycles. The highest BCUT2D eigenvalue weighted by Gasteiger charge is 2.18. The molecule has 0 spiro atoms. The number of para-hydroxylation sites is 1. The SMILES string of the molecule is CC(C)c1ccccc1NCC(=O)Nc1cccc(C(=O)N2CCOCC2)c1. The highest BCUT2D eigenvalue weighted by molar-refractivity contribution is 5.98. The molecule has 2 N–H and O–H groups in total. The van der Waals surface area contributed by atoms with E-state index in [9.17, 15) is 9.59 Å². The van der Waals surface area contributed by atoms with Crippen molar-refractivity contribution in [1.29, 1.82) is 0 Å². The highest BCUT2D eigenvalue weighted by Crippen LogP contribution is 2.23. The summed E-state index contributed by atoms with van der Waals surface area (Å²) in [6.45, 7) is 6.71. The summed E-state index contributed by atoms with van der Waals surface area (Å²) in [6, 6.07) is 15.0. The number of nitrogens with one attached hydrogen (secondary N) is 2. The minimum Gasteiger partial charge on any atom is -0.378 e. The van der Waals surface area contributed by atoms with Crippen LogP contribution in [0.25, 0.3) is 0 Å². The summed E-state index contributed by atoms with van der Waals surface area (Å²) in [4.78, 5) is 26.7. The van der Waals surface area contributed by atoms with E-state index in [1.165, 1.54) is 5.56 Å². The number of hydrogen-bond donors (Lipinski definition) is 2. The van der Waals surface area contributed by atoms with E-state index in [0.717, 1.165) is 5.69 Å². The molecule has 3 rings (SSSR count). The third-order valence-corrected chi connectivity index (χ3v) is 4.71. The van der Waals surface area contributed by atoms with E-state index in [2.05, 4.69) is 30.5 Å². The van der Waals surface area contributed by atoms with Crippen molar-refractivity contribution in [3.8, 4) is 0 Å². The van der Waals surface area contributed by atoms with Crippen LogP contribution in [0.4, 0.5) is 11.4 Å². The highest BCUT2D eigenvalue weighted by atomic mass is 16.5. The second-order valence-electron chi connectivity index (χ2n) is 7.13. The van der Waals surface area contributed by atoms with Crippen molar-refractivity contribution in [3.05, 3.63) is 59.7 Å². The van der Waals surface area contributed by atoms with Crippen molar-refractivity contribution in [2.45, 2.75) is 19.8 Å².